The molecule has 1 aliphatic rings. The molecule has 1 aromatic rings. The quantitative estimate of drug-likeness (QED) is 0.809. The van der Waals surface area contributed by atoms with Crippen LogP contribution < -0.4 is 4.90 Å². The number of nitrogens with zero attached hydrogens (tertiary/aromatic N) is 4. The van der Waals surface area contributed by atoms with Crippen LogP contribution in [0.2, 0.25) is 0 Å². The Morgan fingerprint density at radius 1 is 1.44 bits per heavy atom. The molecule has 0 N–H and O–H groups in total. The van der Waals surface area contributed by atoms with Gasteiger partial charge in [0.1, 0.15) is 23.4 Å². The Morgan fingerprint density at radius 3 is 2.83 bits per heavy atom. The summed E-state index contributed by atoms with van der Waals surface area (Å²) in [7, 11) is 2.01. The van der Waals surface area contributed by atoms with Crippen LogP contribution >= 0.6 is 0 Å². The Bertz CT molecular complexity index is 449. The molecule has 0 bridgehead atoms. The van der Waals surface area contributed by atoms with Gasteiger partial charge in [-0.3, -0.25) is 0 Å². The number of nitriles is 1. The zero-order valence-corrected chi connectivity index (χ0v) is 10.9. The van der Waals surface area contributed by atoms with Crippen LogP contribution in [0.3, 0.4) is 0 Å². The molecule has 96 valence electrons. The van der Waals surface area contributed by atoms with Crippen molar-refractivity contribution in [3.8, 4) is 6.07 Å². The molecule has 1 saturated heterocycles. The number of aryl methyl sites for hydroxylation is 1. The fourth-order valence-electron chi connectivity index (χ4n) is 2.21. The van der Waals surface area contributed by atoms with Crippen LogP contribution in [-0.4, -0.2) is 36.8 Å². The lowest BCUT2D eigenvalue weighted by Gasteiger charge is -2.27. The highest BCUT2D eigenvalue weighted by Crippen LogP contribution is 2.19. The molecule has 0 aromatic carbocycles. The second-order valence-electron chi connectivity index (χ2n) is 4.71. The molecule has 0 radical (unpaired) electrons. The molecule has 0 saturated carbocycles. The first kappa shape index (κ1) is 12.8. The molecular formula is C13H18N4O. The maximum Gasteiger partial charge on any atom is 0.146 e. The number of aromatic nitrogens is 2. The van der Waals surface area contributed by atoms with E-state index in [0.29, 0.717) is 17.4 Å². The van der Waals surface area contributed by atoms with Crippen LogP contribution in [0.1, 0.15) is 24.4 Å². The summed E-state index contributed by atoms with van der Waals surface area (Å²) in [6.45, 7) is 4.47. The Hall–Kier alpha value is -1.67. The Morgan fingerprint density at radius 2 is 2.17 bits per heavy atom. The van der Waals surface area contributed by atoms with Gasteiger partial charge < -0.3 is 9.64 Å². The lowest BCUT2D eigenvalue weighted by atomic mass is 10.00. The van der Waals surface area contributed by atoms with Crippen molar-refractivity contribution in [1.82, 2.24) is 9.97 Å². The molecule has 5 nitrogen and oxygen atoms in total. The van der Waals surface area contributed by atoms with Gasteiger partial charge in [-0.15, -0.1) is 0 Å². The number of anilines is 1. The SMILES string of the molecule is Cc1nc(C#N)cc(N(C)CC2CCOCC2)n1. The molecule has 1 aromatic heterocycles. The summed E-state index contributed by atoms with van der Waals surface area (Å²) in [4.78, 5) is 10.5. The average Bonchev–Trinajstić information content (AvgIpc) is 2.39. The van der Waals surface area contributed by atoms with Crippen LogP contribution in [0, 0.1) is 24.2 Å². The van der Waals surface area contributed by atoms with Gasteiger partial charge in [0, 0.05) is 32.9 Å². The molecular weight excluding hydrogens is 228 g/mol. The van der Waals surface area contributed by atoms with E-state index >= 15 is 0 Å². The van der Waals surface area contributed by atoms with Crippen LogP contribution in [0.4, 0.5) is 5.82 Å². The third kappa shape index (κ3) is 3.17. The normalized spacial score (nSPS) is 16.3. The third-order valence-electron chi connectivity index (χ3n) is 3.20. The van der Waals surface area contributed by atoms with Crippen molar-refractivity contribution in [2.45, 2.75) is 19.8 Å². The van der Waals surface area contributed by atoms with E-state index < -0.39 is 0 Å². The van der Waals surface area contributed by atoms with Gasteiger partial charge in [0.25, 0.3) is 0 Å². The molecule has 1 aliphatic heterocycles. The Kier molecular flexibility index (Phi) is 4.11. The Balaban J connectivity index is 2.05. The molecule has 0 atom stereocenters. The number of hydrogen-bond acceptors (Lipinski definition) is 5. The molecule has 18 heavy (non-hydrogen) atoms. The minimum atomic E-state index is 0.427. The summed E-state index contributed by atoms with van der Waals surface area (Å²) in [5.41, 5.74) is 0.427. The van der Waals surface area contributed by atoms with Gasteiger partial charge in [0.15, 0.2) is 0 Å². The first-order chi connectivity index (χ1) is 8.69. The highest BCUT2D eigenvalue weighted by molar-refractivity contribution is 5.42. The lowest BCUT2D eigenvalue weighted by molar-refractivity contribution is 0.0685. The van der Waals surface area contributed by atoms with Gasteiger partial charge in [-0.05, 0) is 25.7 Å². The summed E-state index contributed by atoms with van der Waals surface area (Å²) in [6, 6.07) is 3.81. The van der Waals surface area contributed by atoms with E-state index in [-0.39, 0.29) is 0 Å². The molecule has 2 rings (SSSR count). The average molecular weight is 246 g/mol. The van der Waals surface area contributed by atoms with E-state index in [0.717, 1.165) is 38.4 Å². The fourth-order valence-corrected chi connectivity index (χ4v) is 2.21. The van der Waals surface area contributed by atoms with Crippen molar-refractivity contribution < 1.29 is 4.74 Å². The van der Waals surface area contributed by atoms with Crippen molar-refractivity contribution in [2.24, 2.45) is 5.92 Å². The second-order valence-corrected chi connectivity index (χ2v) is 4.71. The topological polar surface area (TPSA) is 62.0 Å². The van der Waals surface area contributed by atoms with Crippen molar-refractivity contribution in [1.29, 1.82) is 5.26 Å². The van der Waals surface area contributed by atoms with Crippen LogP contribution in [-0.2, 0) is 4.74 Å². The number of hydrogen-bond donors (Lipinski definition) is 0. The van der Waals surface area contributed by atoms with Crippen LogP contribution in [0.25, 0.3) is 0 Å². The number of ether oxygens (including phenoxy) is 1. The van der Waals surface area contributed by atoms with Gasteiger partial charge in [0.05, 0.1) is 0 Å². The maximum absolute atomic E-state index is 8.91. The van der Waals surface area contributed by atoms with Crippen molar-refractivity contribution in [3.63, 3.8) is 0 Å². The van der Waals surface area contributed by atoms with E-state index in [2.05, 4.69) is 20.9 Å². The fraction of sp³-hybridized carbons (Fsp3) is 0.615. The van der Waals surface area contributed by atoms with Crippen LogP contribution in [0.5, 0.6) is 0 Å². The van der Waals surface area contributed by atoms with Crippen molar-refractivity contribution in [3.05, 3.63) is 17.6 Å². The first-order valence-corrected chi connectivity index (χ1v) is 6.23. The molecule has 0 amide bonds. The lowest BCUT2D eigenvalue weighted by Crippen LogP contribution is -2.30. The molecule has 2 heterocycles. The summed E-state index contributed by atoms with van der Waals surface area (Å²) in [5.74, 6) is 2.11. The zero-order valence-electron chi connectivity index (χ0n) is 10.9. The Labute approximate surface area is 107 Å². The van der Waals surface area contributed by atoms with E-state index in [4.69, 9.17) is 10.00 Å². The van der Waals surface area contributed by atoms with E-state index in [1.165, 1.54) is 0 Å². The third-order valence-corrected chi connectivity index (χ3v) is 3.20. The maximum atomic E-state index is 8.91. The van der Waals surface area contributed by atoms with E-state index in [1.807, 2.05) is 14.0 Å². The summed E-state index contributed by atoms with van der Waals surface area (Å²) in [5, 5.41) is 8.91. The highest BCUT2D eigenvalue weighted by Gasteiger charge is 2.17. The van der Waals surface area contributed by atoms with Gasteiger partial charge >= 0.3 is 0 Å². The van der Waals surface area contributed by atoms with Crippen molar-refractivity contribution >= 4 is 5.82 Å². The predicted molar refractivity (Wildman–Crippen MR) is 68.3 cm³/mol. The molecule has 0 spiro atoms. The zero-order chi connectivity index (χ0) is 13.0. The van der Waals surface area contributed by atoms with Gasteiger partial charge in [-0.1, -0.05) is 0 Å². The van der Waals surface area contributed by atoms with Gasteiger partial charge in [-0.2, -0.15) is 5.26 Å². The summed E-state index contributed by atoms with van der Waals surface area (Å²) < 4.78 is 5.36. The molecule has 5 heteroatoms. The van der Waals surface area contributed by atoms with Gasteiger partial charge in [-0.25, -0.2) is 9.97 Å². The smallest absolute Gasteiger partial charge is 0.146 e. The minimum absolute atomic E-state index is 0.427. The summed E-state index contributed by atoms with van der Waals surface area (Å²) in [6.07, 6.45) is 2.19. The second kappa shape index (κ2) is 5.78. The predicted octanol–water partition coefficient (Wildman–Crippen LogP) is 1.52. The first-order valence-electron chi connectivity index (χ1n) is 6.23. The molecule has 0 aliphatic carbocycles. The summed E-state index contributed by atoms with van der Waals surface area (Å²) >= 11 is 0. The van der Waals surface area contributed by atoms with Crippen molar-refractivity contribution in [2.75, 3.05) is 31.7 Å². The monoisotopic (exact) mass is 246 g/mol. The van der Waals surface area contributed by atoms with E-state index in [9.17, 15) is 0 Å². The minimum Gasteiger partial charge on any atom is -0.381 e. The number of rotatable bonds is 3. The van der Waals surface area contributed by atoms with Gasteiger partial charge in [0.2, 0.25) is 0 Å². The molecule has 0 unspecified atom stereocenters. The standard InChI is InChI=1S/C13H18N4O/c1-10-15-12(8-14)7-13(16-10)17(2)9-11-3-5-18-6-4-11/h7,11H,3-6,9H2,1-2H3. The largest absolute Gasteiger partial charge is 0.381 e. The molecule has 1 fully saturated rings. The van der Waals surface area contributed by atoms with Crippen LogP contribution in [0.15, 0.2) is 6.07 Å². The van der Waals surface area contributed by atoms with E-state index in [1.54, 1.807) is 6.07 Å². The highest BCUT2D eigenvalue weighted by atomic mass is 16.5.